The molecule has 0 aromatic carbocycles. The van der Waals surface area contributed by atoms with Gasteiger partial charge in [-0.15, -0.1) is 0 Å². The summed E-state index contributed by atoms with van der Waals surface area (Å²) in [6, 6.07) is 0. The van der Waals surface area contributed by atoms with E-state index in [4.69, 9.17) is 22.3 Å². The summed E-state index contributed by atoms with van der Waals surface area (Å²) >= 11 is 8.14. The predicted octanol–water partition coefficient (Wildman–Crippen LogP) is 3.36. The molecule has 1 heterocycles. The molecule has 15 heavy (non-hydrogen) atoms. The van der Waals surface area contributed by atoms with Crippen molar-refractivity contribution in [3.8, 4) is 0 Å². The van der Waals surface area contributed by atoms with Gasteiger partial charge in [0.15, 0.2) is 0 Å². The third-order valence-corrected chi connectivity index (χ3v) is 4.30. The maximum absolute atomic E-state index is 12.4. The molecular weight excluding hydrogens is 339 g/mol. The normalized spacial score (nSPS) is 12.1. The largest absolute Gasteiger partial charge is 0.266 e. The highest BCUT2D eigenvalue weighted by atomic mass is 79.9. The highest BCUT2D eigenvalue weighted by molar-refractivity contribution is 9.10. The predicted molar refractivity (Wildman–Crippen MR) is 54.9 cm³/mol. The second kappa shape index (κ2) is 4.48. The summed E-state index contributed by atoms with van der Waals surface area (Å²) < 4.78 is 46.4. The summed E-state index contributed by atoms with van der Waals surface area (Å²) in [7, 11) is 0.796. The van der Waals surface area contributed by atoms with E-state index >= 15 is 0 Å². The Balaban J connectivity index is 3.59. The Labute approximate surface area is 102 Å². The average molecular weight is 341 g/mol. The molecule has 0 spiro atoms. The minimum atomic E-state index is -4.22. The van der Waals surface area contributed by atoms with E-state index in [1.54, 1.807) is 0 Å². The molecule has 0 radical (unpaired) electrons. The van der Waals surface area contributed by atoms with Gasteiger partial charge in [0.05, 0.1) is 10.0 Å². The zero-order chi connectivity index (χ0) is 11.8. The number of nitrogens with zero attached hydrogens (tertiary/aromatic N) is 1. The number of pyridine rings is 1. The molecule has 0 aliphatic rings. The second-order valence-corrected chi connectivity index (χ2v) is 6.04. The molecule has 0 saturated heterocycles. The van der Waals surface area contributed by atoms with E-state index in [2.05, 4.69) is 20.9 Å². The lowest BCUT2D eigenvalue weighted by molar-refractivity contribution is 0.149. The van der Waals surface area contributed by atoms with Gasteiger partial charge < -0.3 is 0 Å². The molecule has 0 aliphatic carbocycles. The molecule has 0 aliphatic heterocycles. The topological polar surface area (TPSA) is 47.0 Å². The summed E-state index contributed by atoms with van der Waals surface area (Å²) in [4.78, 5) is 2.67. The van der Waals surface area contributed by atoms with Gasteiger partial charge in [-0.05, 0) is 15.9 Å². The van der Waals surface area contributed by atoms with Crippen molar-refractivity contribution in [2.75, 3.05) is 0 Å². The molecule has 9 heteroatoms. The van der Waals surface area contributed by atoms with E-state index in [0.29, 0.717) is 0 Å². The molecule has 0 fully saturated rings. The van der Waals surface area contributed by atoms with Crippen molar-refractivity contribution in [1.82, 2.24) is 4.98 Å². The van der Waals surface area contributed by atoms with E-state index in [0.717, 1.165) is 6.20 Å². The molecule has 3 nitrogen and oxygen atoms in total. The van der Waals surface area contributed by atoms with Crippen LogP contribution in [0.15, 0.2) is 15.6 Å². The summed E-state index contributed by atoms with van der Waals surface area (Å²) in [5.74, 6) is 0. The Hall–Kier alpha value is 0.0200. The van der Waals surface area contributed by atoms with E-state index in [1.807, 2.05) is 0 Å². The van der Waals surface area contributed by atoms with Crippen LogP contribution in [0, 0.1) is 0 Å². The van der Waals surface area contributed by atoms with Crippen molar-refractivity contribution in [2.24, 2.45) is 0 Å². The lowest BCUT2D eigenvalue weighted by atomic mass is 10.3. The van der Waals surface area contributed by atoms with Crippen LogP contribution in [0.25, 0.3) is 0 Å². The Kier molecular flexibility index (Phi) is 3.91. The molecule has 1 aromatic heterocycles. The van der Waals surface area contributed by atoms with Crippen molar-refractivity contribution < 1.29 is 17.2 Å². The number of hydrogen-bond acceptors (Lipinski definition) is 3. The Morgan fingerprint density at radius 2 is 2.00 bits per heavy atom. The SMILES string of the molecule is O=S(=O)(Cl)c1c(Cl)ncc(C(F)F)c1Br. The van der Waals surface area contributed by atoms with Crippen LogP contribution in [-0.2, 0) is 9.05 Å². The monoisotopic (exact) mass is 339 g/mol. The number of aromatic nitrogens is 1. The van der Waals surface area contributed by atoms with Gasteiger partial charge in [-0.25, -0.2) is 22.2 Å². The molecule has 0 atom stereocenters. The van der Waals surface area contributed by atoms with Gasteiger partial charge in [-0.2, -0.15) is 0 Å². The zero-order valence-corrected chi connectivity index (χ0v) is 10.6. The van der Waals surface area contributed by atoms with Crippen molar-refractivity contribution in [3.05, 3.63) is 21.4 Å². The maximum Gasteiger partial charge on any atom is 0.266 e. The first kappa shape index (κ1) is 13.1. The van der Waals surface area contributed by atoms with Gasteiger partial charge in [-0.1, -0.05) is 11.6 Å². The van der Waals surface area contributed by atoms with E-state index < -0.39 is 31.1 Å². The standard InChI is InChI=1S/C6H2BrCl2F2NO2S/c7-3-2(6(10)11)1-12-5(8)4(3)15(9,13)14/h1,6H. The summed E-state index contributed by atoms with van der Waals surface area (Å²) in [6.45, 7) is 0. The molecule has 84 valence electrons. The first-order valence-electron chi connectivity index (χ1n) is 3.32. The molecule has 0 amide bonds. The summed E-state index contributed by atoms with van der Waals surface area (Å²) in [5.41, 5.74) is -0.585. The van der Waals surface area contributed by atoms with Gasteiger partial charge >= 0.3 is 0 Å². The lowest BCUT2D eigenvalue weighted by Crippen LogP contribution is -2.00. The minimum absolute atomic E-state index is 0.368. The highest BCUT2D eigenvalue weighted by Gasteiger charge is 2.25. The van der Waals surface area contributed by atoms with E-state index in [-0.39, 0.29) is 4.47 Å². The van der Waals surface area contributed by atoms with Crippen LogP contribution in [0.3, 0.4) is 0 Å². The third kappa shape index (κ3) is 2.77. The van der Waals surface area contributed by atoms with Crippen LogP contribution in [0.1, 0.15) is 12.0 Å². The number of alkyl halides is 2. The second-order valence-electron chi connectivity index (χ2n) is 2.39. The van der Waals surface area contributed by atoms with Crippen LogP contribution in [-0.4, -0.2) is 13.4 Å². The van der Waals surface area contributed by atoms with E-state index in [1.165, 1.54) is 0 Å². The number of rotatable bonds is 2. The first-order valence-corrected chi connectivity index (χ1v) is 6.80. The van der Waals surface area contributed by atoms with Gasteiger partial charge in [0.2, 0.25) is 0 Å². The van der Waals surface area contributed by atoms with Crippen molar-refractivity contribution in [3.63, 3.8) is 0 Å². The Morgan fingerprint density at radius 3 is 2.40 bits per heavy atom. The molecular formula is C6H2BrCl2F2NO2S. The van der Waals surface area contributed by atoms with Crippen molar-refractivity contribution in [1.29, 1.82) is 0 Å². The molecule has 0 saturated carbocycles. The smallest absolute Gasteiger partial charge is 0.243 e. The fourth-order valence-corrected chi connectivity index (χ4v) is 3.92. The van der Waals surface area contributed by atoms with Crippen molar-refractivity contribution in [2.45, 2.75) is 11.3 Å². The fourth-order valence-electron chi connectivity index (χ4n) is 0.823. The highest BCUT2D eigenvalue weighted by Crippen LogP contribution is 2.36. The van der Waals surface area contributed by atoms with Gasteiger partial charge in [0.1, 0.15) is 10.0 Å². The maximum atomic E-state index is 12.4. The van der Waals surface area contributed by atoms with Crippen LogP contribution >= 0.6 is 38.2 Å². The lowest BCUT2D eigenvalue weighted by Gasteiger charge is -2.07. The van der Waals surface area contributed by atoms with Crippen LogP contribution in [0.2, 0.25) is 5.15 Å². The fraction of sp³-hybridized carbons (Fsp3) is 0.167. The van der Waals surface area contributed by atoms with E-state index in [9.17, 15) is 17.2 Å². The molecule has 0 unspecified atom stereocenters. The molecule has 1 rings (SSSR count). The van der Waals surface area contributed by atoms with Crippen LogP contribution in [0.4, 0.5) is 8.78 Å². The first-order chi connectivity index (χ1) is 6.75. The summed E-state index contributed by atoms with van der Waals surface area (Å²) in [5, 5.41) is -0.457. The minimum Gasteiger partial charge on any atom is -0.243 e. The van der Waals surface area contributed by atoms with Crippen molar-refractivity contribution >= 4 is 47.3 Å². The van der Waals surface area contributed by atoms with Crippen LogP contribution < -0.4 is 0 Å². The van der Waals surface area contributed by atoms with Gasteiger partial charge in [0, 0.05) is 16.9 Å². The number of hydrogen-bond donors (Lipinski definition) is 0. The quantitative estimate of drug-likeness (QED) is 0.612. The Morgan fingerprint density at radius 1 is 1.47 bits per heavy atom. The molecule has 0 bridgehead atoms. The molecule has 1 aromatic rings. The molecule has 0 N–H and O–H groups in total. The van der Waals surface area contributed by atoms with Gasteiger partial charge in [0.25, 0.3) is 15.5 Å². The van der Waals surface area contributed by atoms with Gasteiger partial charge in [-0.3, -0.25) is 0 Å². The number of halogens is 5. The Bertz CT molecular complexity index is 494. The third-order valence-electron chi connectivity index (χ3n) is 1.44. The van der Waals surface area contributed by atoms with Crippen LogP contribution in [0.5, 0.6) is 0 Å². The summed E-state index contributed by atoms with van der Waals surface area (Å²) in [6.07, 6.45) is -2.09. The average Bonchev–Trinajstić information content (AvgIpc) is 2.00. The zero-order valence-electron chi connectivity index (χ0n) is 6.72.